The lowest BCUT2D eigenvalue weighted by Crippen LogP contribution is -2.21. The Balaban J connectivity index is 1.28. The molecule has 1 aliphatic carbocycles. The molecule has 0 spiro atoms. The molecule has 0 radical (unpaired) electrons. The topological polar surface area (TPSA) is 136 Å². The third kappa shape index (κ3) is 6.54. The number of nitrogens with two attached hydrogens (primary N) is 1. The molecule has 2 aromatic carbocycles. The molecule has 2 unspecified atom stereocenters. The highest BCUT2D eigenvalue weighted by Gasteiger charge is 2.31. The number of thiazole rings is 1. The van der Waals surface area contributed by atoms with Gasteiger partial charge >= 0.3 is 0 Å². The number of rotatable bonds is 9. The molecule has 45 heavy (non-hydrogen) atoms. The van der Waals surface area contributed by atoms with Crippen LogP contribution in [0.25, 0.3) is 20.8 Å². The number of anilines is 3. The van der Waals surface area contributed by atoms with Crippen molar-refractivity contribution in [2.75, 3.05) is 22.1 Å². The number of nitrogens with zero attached hydrogens (tertiary/aromatic N) is 4. The van der Waals surface area contributed by atoms with Gasteiger partial charge < -0.3 is 16.4 Å². The van der Waals surface area contributed by atoms with E-state index in [9.17, 15) is 26.0 Å². The largest absolute Gasteiger partial charge is 0.382 e. The Labute approximate surface area is 259 Å². The van der Waals surface area contributed by atoms with Crippen LogP contribution in [0, 0.1) is 36.1 Å². The molecule has 234 valence electrons. The Bertz CT molecular complexity index is 1980. The van der Waals surface area contributed by atoms with Gasteiger partial charge in [-0.1, -0.05) is 6.07 Å². The number of hydrogen-bond donors (Lipinski definition) is 3. The SMILES string of the molecule is Cc1nc(NCc2c(F)cccc2F)nc(NC2CCC(CS(=O)(=O)c3cc(F)cc(F)c3)C2)c1-c1nc2c(N)nccc2s1. The van der Waals surface area contributed by atoms with Gasteiger partial charge in [-0.2, -0.15) is 4.98 Å². The highest BCUT2D eigenvalue weighted by atomic mass is 32.2. The lowest BCUT2D eigenvalue weighted by atomic mass is 10.1. The third-order valence-electron chi connectivity index (χ3n) is 7.66. The fraction of sp³-hybridized carbons (Fsp3) is 0.267. The van der Waals surface area contributed by atoms with E-state index in [1.165, 1.54) is 17.4 Å². The summed E-state index contributed by atoms with van der Waals surface area (Å²) in [6, 6.07) is 7.46. The molecule has 15 heteroatoms. The van der Waals surface area contributed by atoms with E-state index >= 15 is 0 Å². The summed E-state index contributed by atoms with van der Waals surface area (Å²) in [6.07, 6.45) is 3.18. The van der Waals surface area contributed by atoms with Crippen molar-refractivity contribution in [3.05, 3.63) is 83.2 Å². The summed E-state index contributed by atoms with van der Waals surface area (Å²) in [7, 11) is -3.94. The number of fused-ring (bicyclic) bond motifs is 1. The second kappa shape index (κ2) is 12.2. The molecule has 3 aromatic heterocycles. The van der Waals surface area contributed by atoms with Gasteiger partial charge in [-0.15, -0.1) is 11.3 Å². The summed E-state index contributed by atoms with van der Waals surface area (Å²) in [5.41, 5.74) is 7.53. The maximum Gasteiger partial charge on any atom is 0.225 e. The Hall–Kier alpha value is -4.37. The Kier molecular flexibility index (Phi) is 8.31. The number of aromatic nitrogens is 4. The zero-order valence-electron chi connectivity index (χ0n) is 23.8. The van der Waals surface area contributed by atoms with Crippen LogP contribution in [-0.4, -0.2) is 40.1 Å². The number of halogens is 4. The molecule has 2 atom stereocenters. The van der Waals surface area contributed by atoms with Gasteiger partial charge in [0.15, 0.2) is 15.7 Å². The lowest BCUT2D eigenvalue weighted by Gasteiger charge is -2.19. The van der Waals surface area contributed by atoms with Crippen molar-refractivity contribution >= 4 is 49.0 Å². The van der Waals surface area contributed by atoms with Gasteiger partial charge in [0, 0.05) is 30.4 Å². The average molecular weight is 658 g/mol. The number of pyridine rings is 1. The van der Waals surface area contributed by atoms with Crippen molar-refractivity contribution < 1.29 is 26.0 Å². The number of nitrogen functional groups attached to an aromatic ring is 1. The van der Waals surface area contributed by atoms with Crippen molar-refractivity contribution in [2.24, 2.45) is 5.92 Å². The fourth-order valence-electron chi connectivity index (χ4n) is 5.53. The van der Waals surface area contributed by atoms with Crippen molar-refractivity contribution in [1.82, 2.24) is 19.9 Å². The molecule has 5 aromatic rings. The van der Waals surface area contributed by atoms with Crippen LogP contribution >= 0.6 is 11.3 Å². The second-order valence-corrected chi connectivity index (χ2v) is 13.9. The molecule has 1 fully saturated rings. The first-order chi connectivity index (χ1) is 21.5. The monoisotopic (exact) mass is 657 g/mol. The van der Waals surface area contributed by atoms with Gasteiger partial charge in [-0.05, 0) is 62.4 Å². The van der Waals surface area contributed by atoms with Crippen LogP contribution in [0.15, 0.2) is 53.6 Å². The normalized spacial score (nSPS) is 16.7. The summed E-state index contributed by atoms with van der Waals surface area (Å²) in [5.74, 6) is -3.09. The molecule has 1 saturated carbocycles. The minimum absolute atomic E-state index is 0.119. The van der Waals surface area contributed by atoms with Crippen molar-refractivity contribution in [3.63, 3.8) is 0 Å². The number of aryl methyl sites for hydroxylation is 1. The van der Waals surface area contributed by atoms with Gasteiger partial charge in [-0.25, -0.2) is 40.9 Å². The van der Waals surface area contributed by atoms with E-state index in [-0.39, 0.29) is 41.6 Å². The fourth-order valence-corrected chi connectivity index (χ4v) is 8.30. The molecule has 0 amide bonds. The molecule has 9 nitrogen and oxygen atoms in total. The van der Waals surface area contributed by atoms with Crippen LogP contribution in [0.3, 0.4) is 0 Å². The van der Waals surface area contributed by atoms with Crippen molar-refractivity contribution in [1.29, 1.82) is 0 Å². The van der Waals surface area contributed by atoms with Gasteiger partial charge in [0.25, 0.3) is 0 Å². The molecular formula is C30H27F4N7O2S2. The number of nitrogens with one attached hydrogen (secondary N) is 2. The quantitative estimate of drug-likeness (QED) is 0.157. The van der Waals surface area contributed by atoms with Gasteiger partial charge in [-0.3, -0.25) is 0 Å². The summed E-state index contributed by atoms with van der Waals surface area (Å²) in [6.45, 7) is 1.55. The molecule has 4 N–H and O–H groups in total. The molecule has 0 bridgehead atoms. The Morgan fingerprint density at radius 1 is 1.00 bits per heavy atom. The van der Waals surface area contributed by atoms with E-state index in [0.717, 1.165) is 29.0 Å². The van der Waals surface area contributed by atoms with Crippen LogP contribution in [0.1, 0.15) is 30.5 Å². The average Bonchev–Trinajstić information content (AvgIpc) is 3.59. The molecule has 6 rings (SSSR count). The zero-order chi connectivity index (χ0) is 31.9. The first-order valence-electron chi connectivity index (χ1n) is 14.0. The maximum absolute atomic E-state index is 14.3. The van der Waals surface area contributed by atoms with Crippen LogP contribution < -0.4 is 16.4 Å². The Morgan fingerprint density at radius 3 is 2.44 bits per heavy atom. The summed E-state index contributed by atoms with van der Waals surface area (Å²) >= 11 is 1.37. The number of benzene rings is 2. The van der Waals surface area contributed by atoms with Gasteiger partial charge in [0.05, 0.1) is 26.6 Å². The highest BCUT2D eigenvalue weighted by molar-refractivity contribution is 7.91. The van der Waals surface area contributed by atoms with E-state index in [1.807, 2.05) is 0 Å². The van der Waals surface area contributed by atoms with E-state index in [0.29, 0.717) is 52.9 Å². The van der Waals surface area contributed by atoms with E-state index in [4.69, 9.17) is 5.73 Å². The highest BCUT2D eigenvalue weighted by Crippen LogP contribution is 2.39. The summed E-state index contributed by atoms with van der Waals surface area (Å²) in [4.78, 5) is 17.6. The number of sulfone groups is 1. The Morgan fingerprint density at radius 2 is 1.73 bits per heavy atom. The molecule has 1 aliphatic rings. The summed E-state index contributed by atoms with van der Waals surface area (Å²) in [5, 5.41) is 6.88. The van der Waals surface area contributed by atoms with Crippen LogP contribution in [-0.2, 0) is 16.4 Å². The van der Waals surface area contributed by atoms with Crippen LogP contribution in [0.2, 0.25) is 0 Å². The minimum Gasteiger partial charge on any atom is -0.382 e. The minimum atomic E-state index is -3.94. The smallest absolute Gasteiger partial charge is 0.225 e. The first kappa shape index (κ1) is 30.6. The molecule has 3 heterocycles. The van der Waals surface area contributed by atoms with E-state index < -0.39 is 38.0 Å². The standard InChI is InChI=1S/C30H27F4N7O2S2/c1-15-25(29-40-26-24(44-29)7-8-36-27(26)35)28(41-30(38-15)37-13-21-22(33)3-2-4-23(21)34)39-19-6-5-16(9-19)14-45(42,43)20-11-17(31)10-18(32)12-20/h2-4,7-8,10-12,16,19H,5-6,9,13-14H2,1H3,(H2,35,36)(H2,37,38,39,41). The molecular weight excluding hydrogens is 631 g/mol. The predicted octanol–water partition coefficient (Wildman–Crippen LogP) is 6.26. The van der Waals surface area contributed by atoms with E-state index in [1.54, 1.807) is 19.2 Å². The van der Waals surface area contributed by atoms with E-state index in [2.05, 4.69) is 30.6 Å². The molecule has 0 saturated heterocycles. The molecule has 0 aliphatic heterocycles. The van der Waals surface area contributed by atoms with Crippen molar-refractivity contribution in [3.8, 4) is 10.6 Å². The number of hydrogen-bond acceptors (Lipinski definition) is 10. The van der Waals surface area contributed by atoms with Gasteiger partial charge in [0.1, 0.15) is 39.6 Å². The lowest BCUT2D eigenvalue weighted by molar-refractivity contribution is 0.547. The second-order valence-electron chi connectivity index (χ2n) is 10.9. The van der Waals surface area contributed by atoms with Gasteiger partial charge in [0.2, 0.25) is 5.95 Å². The van der Waals surface area contributed by atoms with Crippen molar-refractivity contribution in [2.45, 2.75) is 43.7 Å². The van der Waals surface area contributed by atoms with Crippen LogP contribution in [0.5, 0.6) is 0 Å². The zero-order valence-corrected chi connectivity index (χ0v) is 25.5. The van der Waals surface area contributed by atoms with Crippen LogP contribution in [0.4, 0.5) is 35.1 Å². The maximum atomic E-state index is 14.3. The summed E-state index contributed by atoms with van der Waals surface area (Å²) < 4.78 is 82.7. The predicted molar refractivity (Wildman–Crippen MR) is 164 cm³/mol. The first-order valence-corrected chi connectivity index (χ1v) is 16.5. The third-order valence-corrected chi connectivity index (χ3v) is 10.6.